The average Bonchev–Trinajstić information content (AvgIpc) is 3.09. The molecule has 0 saturated carbocycles. The standard InChI is InChI=1S/2C17H11ClN2O6S.Ca/c2*18-12-6-3-7-13(16(12)27(24,25)26)19-20-14-10-5-2-1-4-9(10)8-11(15(14)21)17(22)23;/h2*1-8,21H,(H,22,23)(H,24,25,26);/q;;+2/p-2. The summed E-state index contributed by atoms with van der Waals surface area (Å²) in [6, 6.07) is 23.1. The van der Waals surface area contributed by atoms with Gasteiger partial charge < -0.3 is 25.2 Å². The Bertz CT molecular complexity index is 2610. The van der Waals surface area contributed by atoms with E-state index in [0.29, 0.717) is 21.5 Å². The minimum atomic E-state index is -4.71. The Morgan fingerprint density at radius 3 is 1.47 bits per heavy atom. The fourth-order valence-corrected chi connectivity index (χ4v) is 7.31. The summed E-state index contributed by atoms with van der Waals surface area (Å²) in [7, 11) is -9.40. The van der Waals surface area contributed by atoms with Crippen LogP contribution in [-0.4, -0.2) is 85.8 Å². The predicted octanol–water partition coefficient (Wildman–Crippen LogP) is 6.77. The smallest absolute Gasteiger partial charge is 0.871 e. The van der Waals surface area contributed by atoms with E-state index >= 15 is 0 Å². The topological polar surface area (TPSA) is 279 Å². The maximum absolute atomic E-state index is 12.4. The minimum Gasteiger partial charge on any atom is -0.871 e. The van der Waals surface area contributed by atoms with Crippen LogP contribution in [0.15, 0.2) is 127 Å². The molecule has 0 amide bonds. The van der Waals surface area contributed by atoms with E-state index in [4.69, 9.17) is 23.2 Å². The van der Waals surface area contributed by atoms with Gasteiger partial charge in [0.1, 0.15) is 32.4 Å². The number of aromatic carboxylic acids is 2. The Hall–Kier alpha value is -4.76. The van der Waals surface area contributed by atoms with Crippen LogP contribution in [-0.2, 0) is 20.2 Å². The van der Waals surface area contributed by atoms with Gasteiger partial charge in [0.15, 0.2) is 5.75 Å². The average molecular weight is 852 g/mol. The molecule has 6 rings (SSSR count). The molecule has 0 heterocycles. The van der Waals surface area contributed by atoms with Crippen molar-refractivity contribution in [3.05, 3.63) is 118 Å². The summed E-state index contributed by atoms with van der Waals surface area (Å²) in [5.41, 5.74) is -2.05. The predicted molar refractivity (Wildman–Crippen MR) is 197 cm³/mol. The zero-order chi connectivity index (χ0) is 39.5. The molecule has 21 heteroatoms. The van der Waals surface area contributed by atoms with Crippen LogP contribution < -0.4 is 10.2 Å². The maximum atomic E-state index is 12.4. The normalized spacial score (nSPS) is 11.7. The molecule has 6 aromatic carbocycles. The molecule has 0 unspecified atom stereocenters. The molecule has 6 aromatic rings. The fourth-order valence-electron chi connectivity index (χ4n) is 5.01. The van der Waals surface area contributed by atoms with Crippen molar-refractivity contribution >= 4 is 137 Å². The summed E-state index contributed by atoms with van der Waals surface area (Å²) in [4.78, 5) is 21.2. The summed E-state index contributed by atoms with van der Waals surface area (Å²) >= 11 is 11.6. The van der Waals surface area contributed by atoms with Crippen LogP contribution >= 0.6 is 23.2 Å². The number of fused-ring (bicyclic) bond motifs is 2. The molecule has 4 N–H and O–H groups in total. The zero-order valence-corrected chi connectivity index (χ0v) is 32.7. The van der Waals surface area contributed by atoms with Crippen LogP contribution in [0.4, 0.5) is 22.7 Å². The van der Waals surface area contributed by atoms with E-state index in [1.807, 2.05) is 0 Å². The third-order valence-corrected chi connectivity index (χ3v) is 10.1. The van der Waals surface area contributed by atoms with Gasteiger partial charge in [0.25, 0.3) is 20.2 Å². The van der Waals surface area contributed by atoms with Crippen molar-refractivity contribution in [2.45, 2.75) is 9.79 Å². The summed E-state index contributed by atoms with van der Waals surface area (Å²) in [5.74, 6) is -4.60. The number of aromatic hydroxyl groups is 1. The number of hydrogen-bond donors (Lipinski definition) is 4. The first-order chi connectivity index (χ1) is 25.4. The van der Waals surface area contributed by atoms with Crippen LogP contribution in [0, 0.1) is 0 Å². The van der Waals surface area contributed by atoms with E-state index < -0.39 is 59.0 Å². The molecule has 0 fully saturated rings. The molecule has 0 saturated heterocycles. The molecule has 0 radical (unpaired) electrons. The monoisotopic (exact) mass is 850 g/mol. The molecular weight excluding hydrogens is 832 g/mol. The number of azo groups is 2. The number of hydrogen-bond acceptors (Lipinski definition) is 13. The van der Waals surface area contributed by atoms with E-state index in [0.717, 1.165) is 6.07 Å². The second-order valence-electron chi connectivity index (χ2n) is 10.8. The number of carboxylic acids is 2. The van der Waals surface area contributed by atoms with Gasteiger partial charge in [-0.1, -0.05) is 89.6 Å². The van der Waals surface area contributed by atoms with Gasteiger partial charge in [-0.3, -0.25) is 9.11 Å². The maximum Gasteiger partial charge on any atom is 2.00 e. The molecule has 0 bridgehead atoms. The van der Waals surface area contributed by atoms with E-state index in [2.05, 4.69) is 20.5 Å². The van der Waals surface area contributed by atoms with Crippen molar-refractivity contribution in [1.29, 1.82) is 0 Å². The number of rotatable bonds is 8. The van der Waals surface area contributed by atoms with Crippen LogP contribution in [0.1, 0.15) is 20.7 Å². The molecule has 0 aliphatic carbocycles. The van der Waals surface area contributed by atoms with Gasteiger partial charge in [-0.25, -0.2) is 4.79 Å². The van der Waals surface area contributed by atoms with Crippen molar-refractivity contribution in [1.82, 2.24) is 0 Å². The molecule has 276 valence electrons. The van der Waals surface area contributed by atoms with Gasteiger partial charge in [-0.15, -0.1) is 15.3 Å². The Kier molecular flexibility index (Phi) is 13.6. The van der Waals surface area contributed by atoms with Crippen molar-refractivity contribution < 1.29 is 56.0 Å². The molecule has 0 aliphatic rings. The molecule has 0 atom stereocenters. The van der Waals surface area contributed by atoms with Gasteiger partial charge in [-0.2, -0.15) is 21.9 Å². The van der Waals surface area contributed by atoms with Crippen molar-refractivity contribution in [3.8, 4) is 11.5 Å². The zero-order valence-electron chi connectivity index (χ0n) is 27.4. The summed E-state index contributed by atoms with van der Waals surface area (Å²) in [6.45, 7) is 0. The van der Waals surface area contributed by atoms with E-state index in [1.54, 1.807) is 42.5 Å². The first kappa shape index (κ1) is 43.0. The fraction of sp³-hybridized carbons (Fsp3) is 0. The first-order valence-electron chi connectivity index (χ1n) is 14.7. The first-order valence-corrected chi connectivity index (χ1v) is 18.3. The molecule has 16 nitrogen and oxygen atoms in total. The number of benzene rings is 6. The van der Waals surface area contributed by atoms with Crippen molar-refractivity contribution in [3.63, 3.8) is 0 Å². The molecular formula is C34H20CaCl2N4O12S2. The summed E-state index contributed by atoms with van der Waals surface area (Å²) < 4.78 is 64.8. The van der Waals surface area contributed by atoms with Crippen molar-refractivity contribution in [2.75, 3.05) is 0 Å². The Labute approximate surface area is 350 Å². The molecule has 0 spiro atoms. The summed E-state index contributed by atoms with van der Waals surface area (Å²) in [5, 5.41) is 59.3. The molecule has 0 aliphatic heterocycles. The quantitative estimate of drug-likeness (QED) is 0.0701. The van der Waals surface area contributed by atoms with Gasteiger partial charge >= 0.3 is 43.7 Å². The third kappa shape index (κ3) is 9.55. The van der Waals surface area contributed by atoms with Gasteiger partial charge in [0.2, 0.25) is 0 Å². The second-order valence-corrected chi connectivity index (χ2v) is 14.3. The SMILES string of the molecule is O=C(O)c1cc2ccccc2c(N=Nc2cccc(Cl)c2S(=O)(=O)O)c1O.O=C([O-])c1cc2ccccc2c(N=Nc2cccc(Cl)c2S(=O)(=O)O)c1[O-].[Ca+2]. The number of phenols is 1. The van der Waals surface area contributed by atoms with Gasteiger partial charge in [0.05, 0.1) is 21.7 Å². The third-order valence-electron chi connectivity index (χ3n) is 7.34. The number of carboxylic acid groups (broad SMARTS) is 2. The van der Waals surface area contributed by atoms with E-state index in [-0.39, 0.29) is 76.1 Å². The van der Waals surface area contributed by atoms with E-state index in [1.165, 1.54) is 48.5 Å². The van der Waals surface area contributed by atoms with Gasteiger partial charge in [-0.05, 0) is 52.7 Å². The van der Waals surface area contributed by atoms with Crippen LogP contribution in [0.3, 0.4) is 0 Å². The van der Waals surface area contributed by atoms with Crippen LogP contribution in [0.25, 0.3) is 21.5 Å². The molecule has 0 aromatic heterocycles. The Morgan fingerprint density at radius 1 is 0.618 bits per heavy atom. The van der Waals surface area contributed by atoms with E-state index in [9.17, 15) is 56.0 Å². The Morgan fingerprint density at radius 2 is 1.04 bits per heavy atom. The second kappa shape index (κ2) is 17.4. The number of nitrogens with zero attached hydrogens (tertiary/aromatic N) is 4. The number of carbonyl (C=O) groups is 2. The Balaban J connectivity index is 0.000000240. The largest absolute Gasteiger partial charge is 2.00 e. The van der Waals surface area contributed by atoms with Crippen LogP contribution in [0.5, 0.6) is 11.5 Å². The minimum absolute atomic E-state index is 0. The molecule has 55 heavy (non-hydrogen) atoms. The van der Waals surface area contributed by atoms with Gasteiger partial charge in [0, 0.05) is 10.8 Å². The van der Waals surface area contributed by atoms with Crippen LogP contribution in [0.2, 0.25) is 10.0 Å². The number of halogens is 2. The number of carbonyl (C=O) groups excluding carboxylic acids is 1. The summed E-state index contributed by atoms with van der Waals surface area (Å²) in [6.07, 6.45) is 0. The van der Waals surface area contributed by atoms with Crippen molar-refractivity contribution in [2.24, 2.45) is 20.5 Å².